The third-order valence-corrected chi connectivity index (χ3v) is 12.0. The van der Waals surface area contributed by atoms with Gasteiger partial charge in [-0.05, 0) is 85.3 Å². The second-order valence-electron chi connectivity index (χ2n) is 14.5. The number of aryl methyl sites for hydroxylation is 1. The van der Waals surface area contributed by atoms with Crippen LogP contribution in [0.25, 0.3) is 71.6 Å². The number of hydrogen-bond donors (Lipinski definition) is 0. The molecule has 0 atom stereocenters. The van der Waals surface area contributed by atoms with Crippen molar-refractivity contribution in [2.75, 3.05) is 0 Å². The molecule has 0 amide bonds. The highest BCUT2D eigenvalue weighted by Crippen LogP contribution is 2.42. The predicted molar refractivity (Wildman–Crippen MR) is 247 cm³/mol. The summed E-state index contributed by atoms with van der Waals surface area (Å²) in [6, 6.07) is 37.7. The standard InChI is InChI=1S/C41H38B8N2/c1-2-27-50-25-16-6-7-17-26(25)51(27)24-15-9-14-23(19-24)29-32-30(34(42)38(46)40(48)36(32)44)28(31-33(29)37(45)41(49)39(47)35(31)43)22-13-8-12-21(18-22)20-10-4-3-5-11-20/h3-19H,2,42-49H2,1H3. The van der Waals surface area contributed by atoms with E-state index in [4.69, 9.17) is 4.98 Å². The van der Waals surface area contributed by atoms with Crippen LogP contribution < -0.4 is 43.7 Å². The summed E-state index contributed by atoms with van der Waals surface area (Å²) in [4.78, 5) is 5.04. The van der Waals surface area contributed by atoms with Crippen LogP contribution in [-0.2, 0) is 6.42 Å². The van der Waals surface area contributed by atoms with Crippen LogP contribution >= 0.6 is 0 Å². The maximum atomic E-state index is 5.04. The average Bonchev–Trinajstić information content (AvgIpc) is 3.56. The lowest BCUT2D eigenvalue weighted by Gasteiger charge is -2.28. The highest BCUT2D eigenvalue weighted by atomic mass is 15.1. The number of benzene rings is 7. The minimum absolute atomic E-state index is 0.856. The normalized spacial score (nSPS) is 11.5. The van der Waals surface area contributed by atoms with Crippen LogP contribution in [0.5, 0.6) is 0 Å². The molecule has 10 heteroatoms. The maximum absolute atomic E-state index is 5.04. The van der Waals surface area contributed by atoms with Crippen LogP contribution in [0.4, 0.5) is 0 Å². The molecule has 1 aromatic heterocycles. The Morgan fingerprint density at radius 3 is 1.45 bits per heavy atom. The third kappa shape index (κ3) is 5.09. The average molecular weight is 645 g/mol. The zero-order valence-electron chi connectivity index (χ0n) is 31.4. The first-order valence-corrected chi connectivity index (χ1v) is 18.3. The quantitative estimate of drug-likeness (QED) is 0.144. The van der Waals surface area contributed by atoms with E-state index in [1.807, 2.05) is 0 Å². The van der Waals surface area contributed by atoms with E-state index in [0.717, 1.165) is 29.0 Å². The maximum Gasteiger partial charge on any atom is 0.139 e. The molecule has 8 aromatic rings. The number of nitrogens with zero attached hydrogens (tertiary/aromatic N) is 2. The van der Waals surface area contributed by atoms with Crippen LogP contribution in [0.15, 0.2) is 103 Å². The monoisotopic (exact) mass is 646 g/mol. The Morgan fingerprint density at radius 1 is 0.451 bits per heavy atom. The lowest BCUT2D eigenvalue weighted by Crippen LogP contribution is -2.50. The van der Waals surface area contributed by atoms with Gasteiger partial charge in [0.05, 0.1) is 11.0 Å². The fourth-order valence-corrected chi connectivity index (χ4v) is 8.59. The summed E-state index contributed by atoms with van der Waals surface area (Å²) >= 11 is 0. The summed E-state index contributed by atoms with van der Waals surface area (Å²) in [6.45, 7) is 2.20. The topological polar surface area (TPSA) is 17.8 Å². The van der Waals surface area contributed by atoms with Crippen molar-refractivity contribution in [2.24, 2.45) is 0 Å². The molecule has 0 aliphatic rings. The van der Waals surface area contributed by atoms with Gasteiger partial charge in [0.2, 0.25) is 0 Å². The first kappa shape index (κ1) is 33.2. The van der Waals surface area contributed by atoms with E-state index in [0.29, 0.717) is 0 Å². The number of fused-ring (bicyclic) bond motifs is 3. The number of imidazole rings is 1. The van der Waals surface area contributed by atoms with Crippen molar-refractivity contribution in [3.8, 4) is 39.1 Å². The van der Waals surface area contributed by atoms with Crippen molar-refractivity contribution in [3.05, 3.63) is 109 Å². The smallest absolute Gasteiger partial charge is 0.139 e. The van der Waals surface area contributed by atoms with E-state index < -0.39 is 0 Å². The van der Waals surface area contributed by atoms with Gasteiger partial charge in [0, 0.05) is 12.1 Å². The van der Waals surface area contributed by atoms with Gasteiger partial charge in [-0.3, -0.25) is 4.57 Å². The molecule has 0 bridgehead atoms. The summed E-state index contributed by atoms with van der Waals surface area (Å²) in [5.41, 5.74) is 21.9. The fourth-order valence-electron chi connectivity index (χ4n) is 8.59. The van der Waals surface area contributed by atoms with Gasteiger partial charge in [-0.25, -0.2) is 4.98 Å². The van der Waals surface area contributed by atoms with E-state index >= 15 is 0 Å². The van der Waals surface area contributed by atoms with Crippen LogP contribution in [0.3, 0.4) is 0 Å². The van der Waals surface area contributed by atoms with E-state index in [1.54, 1.807) is 0 Å². The molecule has 0 aliphatic carbocycles. The van der Waals surface area contributed by atoms with Crippen molar-refractivity contribution >= 4 is 139 Å². The summed E-state index contributed by atoms with van der Waals surface area (Å²) in [5.74, 6) is 1.08. The minimum Gasteiger partial charge on any atom is -0.296 e. The SMILES string of the molecule is Bc1c(B)c(B)c2c(-c3cccc(-n4c(CC)nc5ccccc54)c3)c3c(B)c(B)c(B)c(B)c3c(-c3cccc(-c4ccccc4)c3)c2c1B. The van der Waals surface area contributed by atoms with Gasteiger partial charge in [-0.2, -0.15) is 0 Å². The Hall–Kier alpha value is -4.95. The zero-order valence-corrected chi connectivity index (χ0v) is 31.4. The minimum atomic E-state index is 0.856. The lowest BCUT2D eigenvalue weighted by atomic mass is 9.59. The first-order chi connectivity index (χ1) is 24.6. The second kappa shape index (κ2) is 12.7. The van der Waals surface area contributed by atoms with E-state index in [2.05, 4.69) is 177 Å². The molecule has 0 saturated heterocycles. The number of rotatable bonds is 5. The molecule has 8 rings (SSSR count). The van der Waals surface area contributed by atoms with Crippen molar-refractivity contribution in [1.82, 2.24) is 9.55 Å². The lowest BCUT2D eigenvalue weighted by molar-refractivity contribution is 0.908. The largest absolute Gasteiger partial charge is 0.296 e. The molecule has 0 unspecified atom stereocenters. The number of para-hydroxylation sites is 2. The van der Waals surface area contributed by atoms with Crippen molar-refractivity contribution in [2.45, 2.75) is 13.3 Å². The molecule has 7 aromatic carbocycles. The van der Waals surface area contributed by atoms with Crippen molar-refractivity contribution in [1.29, 1.82) is 0 Å². The Labute approximate surface area is 308 Å². The molecule has 0 saturated carbocycles. The zero-order chi connectivity index (χ0) is 35.7. The Kier molecular flexibility index (Phi) is 8.25. The molecule has 51 heavy (non-hydrogen) atoms. The van der Waals surface area contributed by atoms with Crippen LogP contribution in [-0.4, -0.2) is 72.3 Å². The van der Waals surface area contributed by atoms with E-state index in [-0.39, 0.29) is 0 Å². The first-order valence-electron chi connectivity index (χ1n) is 18.3. The van der Waals surface area contributed by atoms with Crippen LogP contribution in [0.2, 0.25) is 0 Å². The summed E-state index contributed by atoms with van der Waals surface area (Å²) in [6.07, 6.45) is 0.856. The Morgan fingerprint density at radius 2 is 0.902 bits per heavy atom. The highest BCUT2D eigenvalue weighted by molar-refractivity contribution is 6.71. The van der Waals surface area contributed by atoms with Gasteiger partial charge in [-0.1, -0.05) is 102 Å². The van der Waals surface area contributed by atoms with Gasteiger partial charge >= 0.3 is 0 Å². The van der Waals surface area contributed by atoms with Gasteiger partial charge in [0.1, 0.15) is 68.6 Å². The van der Waals surface area contributed by atoms with Crippen molar-refractivity contribution in [3.63, 3.8) is 0 Å². The molecule has 1 heterocycles. The molecule has 0 spiro atoms. The van der Waals surface area contributed by atoms with E-state index in [1.165, 1.54) is 98.6 Å². The molecule has 0 aliphatic heterocycles. The highest BCUT2D eigenvalue weighted by Gasteiger charge is 2.25. The Bertz CT molecular complexity index is 2640. The Balaban J connectivity index is 1.57. The molecule has 0 fully saturated rings. The number of aromatic nitrogens is 2. The third-order valence-electron chi connectivity index (χ3n) is 12.0. The fraction of sp³-hybridized carbons (Fsp3) is 0.0488. The van der Waals surface area contributed by atoms with Crippen molar-refractivity contribution < 1.29 is 0 Å². The van der Waals surface area contributed by atoms with Crippen LogP contribution in [0.1, 0.15) is 12.7 Å². The summed E-state index contributed by atoms with van der Waals surface area (Å²) in [7, 11) is 18.6. The predicted octanol–water partition coefficient (Wildman–Crippen LogP) is -3.04. The van der Waals surface area contributed by atoms with E-state index in [9.17, 15) is 0 Å². The number of hydrogen-bond acceptors (Lipinski definition) is 1. The molecular weight excluding hydrogens is 607 g/mol. The van der Waals surface area contributed by atoms with Crippen LogP contribution in [0, 0.1) is 0 Å². The summed E-state index contributed by atoms with van der Waals surface area (Å²) in [5, 5.41) is 5.44. The molecule has 0 radical (unpaired) electrons. The molecule has 2 nitrogen and oxygen atoms in total. The van der Waals surface area contributed by atoms with Gasteiger partial charge < -0.3 is 0 Å². The summed E-state index contributed by atoms with van der Waals surface area (Å²) < 4.78 is 2.35. The van der Waals surface area contributed by atoms with Gasteiger partial charge in [0.25, 0.3) is 0 Å². The second-order valence-corrected chi connectivity index (χ2v) is 14.5. The van der Waals surface area contributed by atoms with Gasteiger partial charge in [-0.15, -0.1) is 21.9 Å². The molecular formula is C41H38B8N2. The molecule has 0 N–H and O–H groups in total. The van der Waals surface area contributed by atoms with Gasteiger partial charge in [0.15, 0.2) is 0 Å². The molecule has 236 valence electrons.